The standard InChI is InChI=1S/C10H16FN3O2S/c1-3-6-14-9(7(2)8-4-5-8)12-13-10(14)17(11,15)16/h7-8H,3-6H2,1-2H3. The zero-order valence-electron chi connectivity index (χ0n) is 9.93. The zero-order valence-corrected chi connectivity index (χ0v) is 10.7. The maximum absolute atomic E-state index is 13.0. The van der Waals surface area contributed by atoms with Crippen molar-refractivity contribution in [3.63, 3.8) is 0 Å². The first kappa shape index (κ1) is 12.5. The van der Waals surface area contributed by atoms with Crippen LogP contribution in [-0.2, 0) is 16.8 Å². The molecule has 0 amide bonds. The van der Waals surface area contributed by atoms with Gasteiger partial charge in [-0.2, -0.15) is 8.42 Å². The van der Waals surface area contributed by atoms with Crippen molar-refractivity contribution < 1.29 is 12.3 Å². The maximum Gasteiger partial charge on any atom is 0.368 e. The molecule has 7 heteroatoms. The smallest absolute Gasteiger partial charge is 0.299 e. The minimum atomic E-state index is -4.78. The Balaban J connectivity index is 2.42. The highest BCUT2D eigenvalue weighted by molar-refractivity contribution is 7.86. The summed E-state index contributed by atoms with van der Waals surface area (Å²) < 4.78 is 36.4. The number of hydrogen-bond donors (Lipinski definition) is 0. The van der Waals surface area contributed by atoms with Crippen molar-refractivity contribution in [2.45, 2.75) is 50.7 Å². The van der Waals surface area contributed by atoms with E-state index < -0.39 is 15.4 Å². The summed E-state index contributed by atoms with van der Waals surface area (Å²) in [6, 6.07) is 0. The largest absolute Gasteiger partial charge is 0.368 e. The van der Waals surface area contributed by atoms with Crippen LogP contribution < -0.4 is 0 Å². The van der Waals surface area contributed by atoms with Crippen molar-refractivity contribution in [2.24, 2.45) is 5.92 Å². The van der Waals surface area contributed by atoms with Crippen molar-refractivity contribution in [3.8, 4) is 0 Å². The average molecular weight is 261 g/mol. The first-order valence-electron chi connectivity index (χ1n) is 5.83. The minimum absolute atomic E-state index is 0.143. The molecule has 17 heavy (non-hydrogen) atoms. The summed E-state index contributed by atoms with van der Waals surface area (Å²) in [5.41, 5.74) is 0. The van der Waals surface area contributed by atoms with Crippen LogP contribution in [0.3, 0.4) is 0 Å². The van der Waals surface area contributed by atoms with Crippen molar-refractivity contribution >= 4 is 10.2 Å². The van der Waals surface area contributed by atoms with Gasteiger partial charge in [-0.15, -0.1) is 10.2 Å². The molecule has 1 atom stereocenters. The molecule has 0 aromatic carbocycles. The van der Waals surface area contributed by atoms with Crippen LogP contribution in [0.15, 0.2) is 5.16 Å². The Labute approximate surface area is 100 Å². The second-order valence-corrected chi connectivity index (χ2v) is 5.80. The lowest BCUT2D eigenvalue weighted by atomic mass is 10.1. The minimum Gasteiger partial charge on any atom is -0.299 e. The number of nitrogens with zero attached hydrogens (tertiary/aromatic N) is 3. The van der Waals surface area contributed by atoms with Crippen molar-refractivity contribution in [3.05, 3.63) is 5.82 Å². The summed E-state index contributed by atoms with van der Waals surface area (Å²) in [5.74, 6) is 1.26. The van der Waals surface area contributed by atoms with Gasteiger partial charge in [0, 0.05) is 12.5 Å². The number of rotatable bonds is 5. The Hall–Kier alpha value is -0.980. The third kappa shape index (κ3) is 2.48. The number of halogens is 1. The van der Waals surface area contributed by atoms with Gasteiger partial charge < -0.3 is 0 Å². The van der Waals surface area contributed by atoms with E-state index in [9.17, 15) is 12.3 Å². The molecule has 1 aromatic heterocycles. The van der Waals surface area contributed by atoms with Gasteiger partial charge in [-0.05, 0) is 25.2 Å². The first-order valence-corrected chi connectivity index (χ1v) is 7.21. The van der Waals surface area contributed by atoms with Crippen LogP contribution in [0.4, 0.5) is 3.89 Å². The van der Waals surface area contributed by atoms with Crippen LogP contribution in [0.25, 0.3) is 0 Å². The van der Waals surface area contributed by atoms with E-state index in [4.69, 9.17) is 0 Å². The lowest BCUT2D eigenvalue weighted by molar-refractivity contribution is 0.498. The van der Waals surface area contributed by atoms with Crippen LogP contribution in [0.5, 0.6) is 0 Å². The molecular weight excluding hydrogens is 245 g/mol. The third-order valence-electron chi connectivity index (χ3n) is 3.15. The lowest BCUT2D eigenvalue weighted by Gasteiger charge is -2.12. The second kappa shape index (κ2) is 4.36. The van der Waals surface area contributed by atoms with Crippen molar-refractivity contribution in [2.75, 3.05) is 0 Å². The molecule has 2 rings (SSSR count). The Morgan fingerprint density at radius 2 is 2.12 bits per heavy atom. The highest BCUT2D eigenvalue weighted by atomic mass is 32.3. The Morgan fingerprint density at radius 3 is 2.59 bits per heavy atom. The molecular formula is C10H16FN3O2S. The molecule has 1 fully saturated rings. The van der Waals surface area contributed by atoms with Crippen LogP contribution in [0.1, 0.15) is 44.9 Å². The molecule has 1 heterocycles. The second-order valence-electron chi connectivity index (χ2n) is 4.56. The summed E-state index contributed by atoms with van der Waals surface area (Å²) in [5, 5.41) is 6.79. The molecule has 1 aliphatic rings. The summed E-state index contributed by atoms with van der Waals surface area (Å²) in [6.07, 6.45) is 2.96. The van der Waals surface area contributed by atoms with Crippen molar-refractivity contribution in [1.82, 2.24) is 14.8 Å². The van der Waals surface area contributed by atoms with E-state index in [1.165, 1.54) is 4.57 Å². The molecule has 1 aromatic rings. The first-order chi connectivity index (χ1) is 7.95. The fourth-order valence-electron chi connectivity index (χ4n) is 2.06. The summed E-state index contributed by atoms with van der Waals surface area (Å²) >= 11 is 0. The van der Waals surface area contributed by atoms with Crippen molar-refractivity contribution in [1.29, 1.82) is 0 Å². The number of hydrogen-bond acceptors (Lipinski definition) is 4. The zero-order chi connectivity index (χ0) is 12.6. The molecule has 0 spiro atoms. The molecule has 96 valence electrons. The van der Waals surface area contributed by atoms with Gasteiger partial charge in [-0.25, -0.2) is 0 Å². The average Bonchev–Trinajstić information content (AvgIpc) is 2.98. The quantitative estimate of drug-likeness (QED) is 0.759. The monoisotopic (exact) mass is 261 g/mol. The van der Waals surface area contributed by atoms with E-state index in [0.29, 0.717) is 24.7 Å². The molecule has 0 bridgehead atoms. The van der Waals surface area contributed by atoms with Gasteiger partial charge >= 0.3 is 10.2 Å². The highest BCUT2D eigenvalue weighted by Crippen LogP contribution is 2.41. The van der Waals surface area contributed by atoms with Crippen LogP contribution >= 0.6 is 0 Å². The molecule has 5 nitrogen and oxygen atoms in total. The molecule has 0 aliphatic heterocycles. The molecule has 1 unspecified atom stereocenters. The fraction of sp³-hybridized carbons (Fsp3) is 0.800. The third-order valence-corrected chi connectivity index (χ3v) is 3.89. The van der Waals surface area contributed by atoms with Gasteiger partial charge in [0.15, 0.2) is 0 Å². The Kier molecular flexibility index (Phi) is 3.20. The van der Waals surface area contributed by atoms with E-state index >= 15 is 0 Å². The van der Waals surface area contributed by atoms with Gasteiger partial charge in [0.05, 0.1) is 0 Å². The van der Waals surface area contributed by atoms with E-state index in [1.807, 2.05) is 13.8 Å². The molecule has 0 saturated heterocycles. The summed E-state index contributed by atoms with van der Waals surface area (Å²) in [6.45, 7) is 4.32. The Bertz CT molecular complexity index is 508. The summed E-state index contributed by atoms with van der Waals surface area (Å²) in [4.78, 5) is 0. The van der Waals surface area contributed by atoms with Crippen LogP contribution in [0, 0.1) is 5.92 Å². The fourth-order valence-corrected chi connectivity index (χ4v) is 2.64. The van der Waals surface area contributed by atoms with E-state index in [1.54, 1.807) is 0 Å². The van der Waals surface area contributed by atoms with E-state index in [2.05, 4.69) is 10.2 Å². The molecule has 0 radical (unpaired) electrons. The van der Waals surface area contributed by atoms with Crippen LogP contribution in [0.2, 0.25) is 0 Å². The van der Waals surface area contributed by atoms with Gasteiger partial charge in [0.25, 0.3) is 5.16 Å². The predicted molar refractivity (Wildman–Crippen MR) is 59.7 cm³/mol. The normalized spacial score (nSPS) is 18.3. The van der Waals surface area contributed by atoms with E-state index in [-0.39, 0.29) is 5.92 Å². The lowest BCUT2D eigenvalue weighted by Crippen LogP contribution is -2.12. The molecule has 1 saturated carbocycles. The topological polar surface area (TPSA) is 64.8 Å². The van der Waals surface area contributed by atoms with Gasteiger partial charge in [0.2, 0.25) is 0 Å². The van der Waals surface area contributed by atoms with Gasteiger partial charge in [0.1, 0.15) is 5.82 Å². The molecule has 0 N–H and O–H groups in total. The molecule has 1 aliphatic carbocycles. The summed E-state index contributed by atoms with van der Waals surface area (Å²) in [7, 11) is -4.78. The van der Waals surface area contributed by atoms with Gasteiger partial charge in [-0.3, -0.25) is 4.57 Å². The van der Waals surface area contributed by atoms with Gasteiger partial charge in [-0.1, -0.05) is 17.7 Å². The van der Waals surface area contributed by atoms with E-state index in [0.717, 1.165) is 12.8 Å². The SMILES string of the molecule is CCCn1c(C(C)C2CC2)nnc1S(=O)(=O)F. The maximum atomic E-state index is 13.0. The number of aromatic nitrogens is 3. The van der Waals surface area contributed by atoms with Crippen LogP contribution in [-0.4, -0.2) is 23.2 Å². The highest BCUT2D eigenvalue weighted by Gasteiger charge is 2.34. The Morgan fingerprint density at radius 1 is 1.47 bits per heavy atom. The predicted octanol–water partition coefficient (Wildman–Crippen LogP) is 1.86.